The standard InChI is InChI=1S/C67H131NO10/c1-3-5-7-9-11-13-15-17-19-21-23-25-26-27-28-29-30-31-32-33-34-35-37-39-41-43-45-47-49-51-53-55-60(71)66(76)68-58(57-77-67-65(75)64(74)63(73)61(56-69)78-67)62(72)59(70)54-52-50-48-46-44-42-40-38-36-24-22-20-18-16-14-12-10-8-6-4-2/h46,48,58-65,67,69-75H,3-45,47,49-57H2,1-2H3,(H,68,76)/b48-46+. The van der Waals surface area contributed by atoms with Crippen LogP contribution >= 0.6 is 0 Å². The Kier molecular flexibility index (Phi) is 54.1. The minimum absolute atomic E-state index is 0.260. The van der Waals surface area contributed by atoms with Crippen LogP contribution in [0.3, 0.4) is 0 Å². The van der Waals surface area contributed by atoms with Crippen LogP contribution in [-0.4, -0.2) is 110 Å². The number of carbonyl (C=O) groups excluding carboxylic acids is 1. The van der Waals surface area contributed by atoms with Crippen molar-refractivity contribution in [3.05, 3.63) is 12.2 Å². The Morgan fingerprint density at radius 2 is 0.756 bits per heavy atom. The molecule has 9 unspecified atom stereocenters. The van der Waals surface area contributed by atoms with Gasteiger partial charge in [-0.3, -0.25) is 4.79 Å². The smallest absolute Gasteiger partial charge is 0.249 e. The Morgan fingerprint density at radius 3 is 1.10 bits per heavy atom. The zero-order chi connectivity index (χ0) is 56.8. The molecule has 0 saturated carbocycles. The molecule has 1 saturated heterocycles. The van der Waals surface area contributed by atoms with Gasteiger partial charge in [-0.25, -0.2) is 0 Å². The Bertz CT molecular complexity index is 1270. The van der Waals surface area contributed by atoms with E-state index >= 15 is 0 Å². The van der Waals surface area contributed by atoms with Gasteiger partial charge in [0, 0.05) is 0 Å². The molecule has 11 nitrogen and oxygen atoms in total. The molecule has 1 fully saturated rings. The lowest BCUT2D eigenvalue weighted by atomic mass is 9.98. The molecule has 1 amide bonds. The zero-order valence-corrected chi connectivity index (χ0v) is 51.2. The Hall–Kier alpha value is -1.15. The summed E-state index contributed by atoms with van der Waals surface area (Å²) in [6.45, 7) is 3.50. The van der Waals surface area contributed by atoms with Gasteiger partial charge in [0.2, 0.25) is 5.91 Å². The molecule has 11 heteroatoms. The van der Waals surface area contributed by atoms with Gasteiger partial charge in [0.05, 0.1) is 25.4 Å². The van der Waals surface area contributed by atoms with E-state index in [2.05, 4.69) is 31.3 Å². The predicted molar refractivity (Wildman–Crippen MR) is 326 cm³/mol. The quantitative estimate of drug-likeness (QED) is 0.0215. The van der Waals surface area contributed by atoms with Crippen LogP contribution in [0.2, 0.25) is 0 Å². The molecule has 1 aliphatic heterocycles. The molecule has 0 aromatic carbocycles. The van der Waals surface area contributed by atoms with Gasteiger partial charge in [-0.05, 0) is 38.5 Å². The minimum Gasteiger partial charge on any atom is -0.394 e. The van der Waals surface area contributed by atoms with E-state index in [9.17, 15) is 40.5 Å². The number of allylic oxidation sites excluding steroid dienone is 2. The van der Waals surface area contributed by atoms with Gasteiger partial charge >= 0.3 is 0 Å². The topological polar surface area (TPSA) is 189 Å². The van der Waals surface area contributed by atoms with Gasteiger partial charge in [0.25, 0.3) is 0 Å². The number of nitrogens with one attached hydrogen (secondary N) is 1. The molecule has 0 aliphatic carbocycles. The van der Waals surface area contributed by atoms with Crippen LogP contribution < -0.4 is 5.32 Å². The molecule has 0 spiro atoms. The Morgan fingerprint density at radius 1 is 0.436 bits per heavy atom. The average molecular weight is 1110 g/mol. The first-order valence-electron chi connectivity index (χ1n) is 34.1. The van der Waals surface area contributed by atoms with Crippen molar-refractivity contribution < 1.29 is 50.0 Å². The van der Waals surface area contributed by atoms with Crippen molar-refractivity contribution in [1.82, 2.24) is 5.32 Å². The summed E-state index contributed by atoms with van der Waals surface area (Å²) in [6, 6.07) is -1.18. The van der Waals surface area contributed by atoms with E-state index in [-0.39, 0.29) is 12.8 Å². The van der Waals surface area contributed by atoms with Crippen molar-refractivity contribution >= 4 is 5.91 Å². The van der Waals surface area contributed by atoms with Crippen LogP contribution in [0.25, 0.3) is 0 Å². The zero-order valence-electron chi connectivity index (χ0n) is 51.2. The number of amides is 1. The van der Waals surface area contributed by atoms with Crippen LogP contribution in [0.4, 0.5) is 0 Å². The summed E-state index contributed by atoms with van der Waals surface area (Å²) < 4.78 is 11.2. The summed E-state index contributed by atoms with van der Waals surface area (Å²) >= 11 is 0. The molecule has 0 radical (unpaired) electrons. The fourth-order valence-corrected chi connectivity index (χ4v) is 11.3. The maximum Gasteiger partial charge on any atom is 0.249 e. The third-order valence-corrected chi connectivity index (χ3v) is 16.8. The normalized spacial score (nSPS) is 19.4. The SMILES string of the molecule is CCCCCCCCCCCCCCCCC/C=C/CCCC(O)C(O)C(COC1OC(CO)C(O)C(O)C1O)NC(=O)C(O)CCCCCCCCCCCCCCCCCCCCCCCCCCCCCCCCC. The maximum absolute atomic E-state index is 13.2. The number of hydrogen-bond acceptors (Lipinski definition) is 10. The van der Waals surface area contributed by atoms with E-state index in [1.54, 1.807) is 0 Å². The molecule has 8 N–H and O–H groups in total. The molecule has 9 atom stereocenters. The van der Waals surface area contributed by atoms with E-state index < -0.39 is 74.2 Å². The van der Waals surface area contributed by atoms with Gasteiger partial charge in [0.15, 0.2) is 6.29 Å². The van der Waals surface area contributed by atoms with Crippen molar-refractivity contribution in [2.45, 2.75) is 396 Å². The highest BCUT2D eigenvalue weighted by molar-refractivity contribution is 5.80. The van der Waals surface area contributed by atoms with Crippen LogP contribution in [0.15, 0.2) is 12.2 Å². The third-order valence-electron chi connectivity index (χ3n) is 16.8. The first kappa shape index (κ1) is 74.9. The molecule has 1 aliphatic rings. The Labute approximate surface area is 481 Å². The molecular weight excluding hydrogens is 979 g/mol. The molecule has 0 bridgehead atoms. The third kappa shape index (κ3) is 43.5. The van der Waals surface area contributed by atoms with Crippen LogP contribution in [0, 0.1) is 0 Å². The highest BCUT2D eigenvalue weighted by Gasteiger charge is 2.44. The molecular formula is C67H131NO10. The van der Waals surface area contributed by atoms with Gasteiger partial charge < -0.3 is 50.5 Å². The van der Waals surface area contributed by atoms with Crippen molar-refractivity contribution in [3.63, 3.8) is 0 Å². The average Bonchev–Trinajstić information content (AvgIpc) is 3.46. The number of carbonyl (C=O) groups is 1. The fourth-order valence-electron chi connectivity index (χ4n) is 11.3. The van der Waals surface area contributed by atoms with Crippen LogP contribution in [0.5, 0.6) is 0 Å². The summed E-state index contributed by atoms with van der Waals surface area (Å²) in [5, 5.41) is 76.4. The summed E-state index contributed by atoms with van der Waals surface area (Å²) in [4.78, 5) is 13.2. The summed E-state index contributed by atoms with van der Waals surface area (Å²) in [6.07, 6.45) is 57.3. The number of ether oxygens (including phenoxy) is 2. The van der Waals surface area contributed by atoms with E-state index in [1.807, 2.05) is 0 Å². The molecule has 1 heterocycles. The van der Waals surface area contributed by atoms with E-state index in [0.29, 0.717) is 12.8 Å². The Balaban J connectivity index is 2.19. The monoisotopic (exact) mass is 1110 g/mol. The summed E-state index contributed by atoms with van der Waals surface area (Å²) in [7, 11) is 0. The first-order valence-corrected chi connectivity index (χ1v) is 34.1. The number of unbranched alkanes of at least 4 members (excludes halogenated alkanes) is 46. The first-order chi connectivity index (χ1) is 38.2. The fraction of sp³-hybridized carbons (Fsp3) is 0.955. The lowest BCUT2D eigenvalue weighted by Crippen LogP contribution is -2.60. The van der Waals surface area contributed by atoms with E-state index in [1.165, 1.54) is 263 Å². The van der Waals surface area contributed by atoms with Gasteiger partial charge in [0.1, 0.15) is 36.6 Å². The van der Waals surface area contributed by atoms with Crippen molar-refractivity contribution in [3.8, 4) is 0 Å². The van der Waals surface area contributed by atoms with Crippen LogP contribution in [0.1, 0.15) is 341 Å². The molecule has 0 aromatic heterocycles. The lowest BCUT2D eigenvalue weighted by molar-refractivity contribution is -0.303. The van der Waals surface area contributed by atoms with Crippen molar-refractivity contribution in [2.75, 3.05) is 13.2 Å². The van der Waals surface area contributed by atoms with Gasteiger partial charge in [-0.15, -0.1) is 0 Å². The summed E-state index contributed by atoms with van der Waals surface area (Å²) in [5.41, 5.74) is 0. The second-order valence-electron chi connectivity index (χ2n) is 24.3. The molecule has 78 heavy (non-hydrogen) atoms. The summed E-state index contributed by atoms with van der Waals surface area (Å²) in [5.74, 6) is -0.698. The predicted octanol–water partition coefficient (Wildman–Crippen LogP) is 15.9. The highest BCUT2D eigenvalue weighted by atomic mass is 16.7. The minimum atomic E-state index is -1.67. The second-order valence-corrected chi connectivity index (χ2v) is 24.3. The molecule has 0 aromatic rings. The maximum atomic E-state index is 13.2. The van der Waals surface area contributed by atoms with Crippen molar-refractivity contribution in [1.29, 1.82) is 0 Å². The number of aliphatic hydroxyl groups is 7. The number of hydrogen-bond donors (Lipinski definition) is 8. The van der Waals surface area contributed by atoms with Gasteiger partial charge in [-0.1, -0.05) is 315 Å². The van der Waals surface area contributed by atoms with E-state index in [4.69, 9.17) is 9.47 Å². The lowest BCUT2D eigenvalue weighted by Gasteiger charge is -2.40. The molecule has 1 rings (SSSR count). The number of rotatable bonds is 60. The highest BCUT2D eigenvalue weighted by Crippen LogP contribution is 2.24. The van der Waals surface area contributed by atoms with Crippen molar-refractivity contribution in [2.24, 2.45) is 0 Å². The van der Waals surface area contributed by atoms with E-state index in [0.717, 1.165) is 38.5 Å². The second kappa shape index (κ2) is 56.3. The number of aliphatic hydroxyl groups excluding tert-OH is 7. The molecule has 464 valence electrons. The van der Waals surface area contributed by atoms with Gasteiger partial charge in [-0.2, -0.15) is 0 Å². The van der Waals surface area contributed by atoms with Crippen LogP contribution in [-0.2, 0) is 14.3 Å². The largest absolute Gasteiger partial charge is 0.394 e.